The molecule has 8 rings (SSSR count). The average molecular weight is 712 g/mol. The molecule has 2 heterocycles. The Kier molecular flexibility index (Phi) is 9.84. The number of carbonyl (C=O) groups is 3. The van der Waals surface area contributed by atoms with Crippen LogP contribution in [0.3, 0.4) is 0 Å². The van der Waals surface area contributed by atoms with E-state index in [4.69, 9.17) is 23.7 Å². The molecule has 0 unspecified atom stereocenters. The van der Waals surface area contributed by atoms with Crippen LogP contribution in [0.2, 0.25) is 0 Å². The quantitative estimate of drug-likeness (QED) is 0.121. The van der Waals surface area contributed by atoms with Gasteiger partial charge in [0.15, 0.2) is 12.4 Å². The van der Waals surface area contributed by atoms with Crippen molar-refractivity contribution in [3.8, 4) is 11.1 Å². The highest BCUT2D eigenvalue weighted by molar-refractivity contribution is 6.21. The van der Waals surface area contributed by atoms with E-state index in [2.05, 4.69) is 0 Å². The first kappa shape index (κ1) is 34.4. The van der Waals surface area contributed by atoms with Gasteiger partial charge in [-0.25, -0.2) is 4.79 Å². The van der Waals surface area contributed by atoms with Gasteiger partial charge in [-0.3, -0.25) is 14.5 Å². The van der Waals surface area contributed by atoms with Gasteiger partial charge < -0.3 is 28.8 Å². The van der Waals surface area contributed by atoms with Gasteiger partial charge in [0.1, 0.15) is 24.9 Å². The Hall–Kier alpha value is -5.65. The number of ether oxygens (including phenoxy) is 5. The molecule has 53 heavy (non-hydrogen) atoms. The van der Waals surface area contributed by atoms with Crippen molar-refractivity contribution in [3.63, 3.8) is 0 Å². The molecule has 5 aromatic carbocycles. The second kappa shape index (κ2) is 15.1. The van der Waals surface area contributed by atoms with Crippen LogP contribution in [0.25, 0.3) is 11.1 Å². The van der Waals surface area contributed by atoms with Crippen LogP contribution in [0.15, 0.2) is 133 Å². The first-order valence-corrected chi connectivity index (χ1v) is 17.6. The van der Waals surface area contributed by atoms with Gasteiger partial charge in [0.25, 0.3) is 11.8 Å². The number of fused-ring (bicyclic) bond motifs is 4. The molecule has 1 saturated heterocycles. The third-order valence-electron chi connectivity index (χ3n) is 10.00. The number of amides is 2. The van der Waals surface area contributed by atoms with Crippen LogP contribution in [-0.4, -0.2) is 71.8 Å². The van der Waals surface area contributed by atoms with Gasteiger partial charge in [0, 0.05) is 5.92 Å². The SMILES string of the molecule is O=C(OCC1c2ccccc2-c2ccccc21)O[C@H]1[C@H](OCc2ccccc2)[C@@H](N2C(=O)c3ccccc3C2=O)[C@H](O)O[C@@H]1COCc1ccccc1. The summed E-state index contributed by atoms with van der Waals surface area (Å²) in [7, 11) is 0. The summed E-state index contributed by atoms with van der Waals surface area (Å²) in [5, 5.41) is 11.6. The molecule has 0 spiro atoms. The van der Waals surface area contributed by atoms with Crippen LogP contribution in [-0.2, 0) is 36.9 Å². The second-order valence-corrected chi connectivity index (χ2v) is 13.2. The molecule has 1 fully saturated rings. The molecule has 10 heteroatoms. The van der Waals surface area contributed by atoms with E-state index in [1.165, 1.54) is 0 Å². The van der Waals surface area contributed by atoms with E-state index in [0.717, 1.165) is 38.3 Å². The van der Waals surface area contributed by atoms with Crippen LogP contribution < -0.4 is 0 Å². The number of aliphatic hydroxyl groups excluding tert-OH is 1. The monoisotopic (exact) mass is 711 g/mol. The van der Waals surface area contributed by atoms with E-state index in [1.807, 2.05) is 109 Å². The summed E-state index contributed by atoms with van der Waals surface area (Å²) >= 11 is 0. The van der Waals surface area contributed by atoms with Crippen LogP contribution in [0, 0.1) is 0 Å². The molecule has 2 aliphatic heterocycles. The van der Waals surface area contributed by atoms with Gasteiger partial charge >= 0.3 is 6.16 Å². The number of nitrogens with zero attached hydrogens (tertiary/aromatic N) is 1. The van der Waals surface area contributed by atoms with Crippen molar-refractivity contribution in [1.29, 1.82) is 0 Å². The predicted molar refractivity (Wildman–Crippen MR) is 193 cm³/mol. The summed E-state index contributed by atoms with van der Waals surface area (Å²) in [6.45, 7) is 0.106. The van der Waals surface area contributed by atoms with Gasteiger partial charge in [0.05, 0.1) is 30.9 Å². The number of hydrogen-bond donors (Lipinski definition) is 1. The number of benzene rings is 5. The number of carbonyl (C=O) groups excluding carboxylic acids is 3. The van der Waals surface area contributed by atoms with Crippen molar-refractivity contribution in [2.24, 2.45) is 0 Å². The zero-order valence-corrected chi connectivity index (χ0v) is 28.7. The van der Waals surface area contributed by atoms with Crippen LogP contribution >= 0.6 is 0 Å². The zero-order chi connectivity index (χ0) is 36.3. The third kappa shape index (κ3) is 6.85. The Labute approximate surface area is 306 Å². The minimum atomic E-state index is -1.70. The van der Waals surface area contributed by atoms with E-state index >= 15 is 0 Å². The smallest absolute Gasteiger partial charge is 0.433 e. The van der Waals surface area contributed by atoms with E-state index < -0.39 is 48.6 Å². The maximum atomic E-state index is 13.8. The zero-order valence-electron chi connectivity index (χ0n) is 28.7. The van der Waals surface area contributed by atoms with E-state index in [-0.39, 0.29) is 43.5 Å². The van der Waals surface area contributed by atoms with Gasteiger partial charge in [-0.15, -0.1) is 0 Å². The Balaban J connectivity index is 1.09. The largest absolute Gasteiger partial charge is 0.508 e. The summed E-state index contributed by atoms with van der Waals surface area (Å²) in [5.41, 5.74) is 6.29. The summed E-state index contributed by atoms with van der Waals surface area (Å²) in [6, 6.07) is 39.8. The van der Waals surface area contributed by atoms with E-state index in [1.54, 1.807) is 24.3 Å². The van der Waals surface area contributed by atoms with Crippen molar-refractivity contribution < 1.29 is 43.2 Å². The molecule has 10 nitrogen and oxygen atoms in total. The Bertz CT molecular complexity index is 2030. The van der Waals surface area contributed by atoms with Gasteiger partial charge in [-0.2, -0.15) is 0 Å². The van der Waals surface area contributed by atoms with Crippen molar-refractivity contribution in [3.05, 3.63) is 167 Å². The maximum absolute atomic E-state index is 13.8. The molecule has 0 bridgehead atoms. The third-order valence-corrected chi connectivity index (χ3v) is 10.00. The summed E-state index contributed by atoms with van der Waals surface area (Å²) < 4.78 is 30.5. The number of imide groups is 1. The number of hydrogen-bond acceptors (Lipinski definition) is 9. The fraction of sp³-hybridized carbons (Fsp3) is 0.233. The van der Waals surface area contributed by atoms with Gasteiger partial charge in [-0.1, -0.05) is 121 Å². The van der Waals surface area contributed by atoms with Crippen molar-refractivity contribution >= 4 is 18.0 Å². The van der Waals surface area contributed by atoms with Crippen molar-refractivity contribution in [1.82, 2.24) is 4.90 Å². The lowest BCUT2D eigenvalue weighted by Crippen LogP contribution is -2.66. The lowest BCUT2D eigenvalue weighted by atomic mass is 9.95. The topological polar surface area (TPSA) is 121 Å². The lowest BCUT2D eigenvalue weighted by molar-refractivity contribution is -0.277. The average Bonchev–Trinajstić information content (AvgIpc) is 3.65. The molecular weight excluding hydrogens is 674 g/mol. The minimum Gasteiger partial charge on any atom is -0.433 e. The molecule has 268 valence electrons. The molecule has 1 N–H and O–H groups in total. The van der Waals surface area contributed by atoms with E-state index in [9.17, 15) is 19.5 Å². The standard InChI is InChI=1S/C43H37NO9/c45-40-33-21-11-12-22-34(33)41(46)44(40)37-39(50-24-28-15-5-2-6-16-28)38(36(52-42(37)47)26-49-23-27-13-3-1-4-14-27)53-43(48)51-25-35-31-19-9-7-17-29(31)30-18-8-10-20-32(30)35/h1-22,35-39,42,47H,23-26H2/t36-,37-,38-,39-,42-/m1/s1. The Morgan fingerprint density at radius 1 is 0.623 bits per heavy atom. The van der Waals surface area contributed by atoms with Gasteiger partial charge in [-0.05, 0) is 45.5 Å². The summed E-state index contributed by atoms with van der Waals surface area (Å²) in [5.74, 6) is -1.46. The fourth-order valence-corrected chi connectivity index (χ4v) is 7.50. The van der Waals surface area contributed by atoms with Crippen LogP contribution in [0.4, 0.5) is 4.79 Å². The molecular formula is C43H37NO9. The molecule has 0 aromatic heterocycles. The Morgan fingerprint density at radius 2 is 1.13 bits per heavy atom. The van der Waals surface area contributed by atoms with Gasteiger partial charge in [0.2, 0.25) is 0 Å². The highest BCUT2D eigenvalue weighted by Crippen LogP contribution is 2.44. The molecule has 3 aliphatic rings. The maximum Gasteiger partial charge on any atom is 0.508 e. The fourth-order valence-electron chi connectivity index (χ4n) is 7.50. The van der Waals surface area contributed by atoms with E-state index in [0.29, 0.717) is 0 Å². The molecule has 0 radical (unpaired) electrons. The molecule has 1 aliphatic carbocycles. The minimum absolute atomic E-state index is 0.00436. The molecule has 0 saturated carbocycles. The van der Waals surface area contributed by atoms with Crippen LogP contribution in [0.1, 0.15) is 48.9 Å². The normalized spacial score (nSPS) is 21.9. The first-order chi connectivity index (χ1) is 26.0. The highest BCUT2D eigenvalue weighted by Gasteiger charge is 2.55. The summed E-state index contributed by atoms with van der Waals surface area (Å²) in [4.78, 5) is 42.3. The molecule has 5 aromatic rings. The number of aliphatic hydroxyl groups is 1. The number of rotatable bonds is 11. The highest BCUT2D eigenvalue weighted by atomic mass is 16.7. The van der Waals surface area contributed by atoms with Crippen LogP contribution in [0.5, 0.6) is 0 Å². The first-order valence-electron chi connectivity index (χ1n) is 17.6. The predicted octanol–water partition coefficient (Wildman–Crippen LogP) is 6.50. The second-order valence-electron chi connectivity index (χ2n) is 13.2. The molecule has 5 atom stereocenters. The lowest BCUT2D eigenvalue weighted by Gasteiger charge is -2.46. The summed E-state index contributed by atoms with van der Waals surface area (Å²) in [6.07, 6.45) is -6.29. The Morgan fingerprint density at radius 3 is 1.72 bits per heavy atom. The molecule has 2 amide bonds. The van der Waals surface area contributed by atoms with Crippen molar-refractivity contribution in [2.45, 2.75) is 49.8 Å². The van der Waals surface area contributed by atoms with Crippen molar-refractivity contribution in [2.75, 3.05) is 13.2 Å².